The van der Waals surface area contributed by atoms with Crippen LogP contribution in [0.15, 0.2) is 72.8 Å². The second kappa shape index (κ2) is 10.1. The molecule has 2 aromatic rings. The van der Waals surface area contributed by atoms with Crippen molar-refractivity contribution in [1.82, 2.24) is 4.90 Å². The molecule has 208 valence electrons. The van der Waals surface area contributed by atoms with Gasteiger partial charge in [-0.25, -0.2) is 0 Å². The van der Waals surface area contributed by atoms with Crippen LogP contribution in [0.5, 0.6) is 0 Å². The molecule has 0 aromatic heterocycles. The van der Waals surface area contributed by atoms with Gasteiger partial charge < -0.3 is 19.8 Å². The number of carbonyl (C=O) groups is 3. The second-order valence-electron chi connectivity index (χ2n) is 11.0. The highest BCUT2D eigenvalue weighted by Gasteiger charge is 2.74. The Hall–Kier alpha value is -3.07. The summed E-state index contributed by atoms with van der Waals surface area (Å²) in [5, 5.41) is 10.1. The third-order valence-corrected chi connectivity index (χ3v) is 10.7. The maximum absolute atomic E-state index is 14.6. The average molecular weight is 578 g/mol. The number of hydrogen-bond donors (Lipinski definition) is 1. The van der Waals surface area contributed by atoms with Crippen molar-refractivity contribution >= 4 is 52.5 Å². The van der Waals surface area contributed by atoms with Crippen LogP contribution >= 0.6 is 23.4 Å². The number of likely N-dealkylation sites (tertiary alicyclic amines) is 1. The lowest BCUT2D eigenvalue weighted by Crippen LogP contribution is -2.53. The summed E-state index contributed by atoms with van der Waals surface area (Å²) in [6, 6.07) is 14.2. The van der Waals surface area contributed by atoms with Crippen LogP contribution < -0.4 is 9.80 Å². The number of thioether (sulfide) groups is 1. The van der Waals surface area contributed by atoms with Gasteiger partial charge in [-0.05, 0) is 44.0 Å². The lowest BCUT2D eigenvalue weighted by atomic mass is 9.74. The SMILES string of the molecule is Cc1cccc(Cl)c1N1CC=C[C@]23S[C@@]4(C)C=CCN(c5ccccc5)C(=O)[C@H]4[C@H]2C(=O)N(CCCO)C3C1=O. The third-order valence-electron chi connectivity index (χ3n) is 8.64. The summed E-state index contributed by atoms with van der Waals surface area (Å²) in [4.78, 5) is 48.4. The van der Waals surface area contributed by atoms with Crippen molar-refractivity contribution in [1.29, 1.82) is 0 Å². The van der Waals surface area contributed by atoms with Gasteiger partial charge in [-0.2, -0.15) is 0 Å². The summed E-state index contributed by atoms with van der Waals surface area (Å²) in [6.45, 7) is 4.76. The Morgan fingerprint density at radius 1 is 0.925 bits per heavy atom. The Morgan fingerprint density at radius 3 is 2.38 bits per heavy atom. The number of aliphatic hydroxyl groups excluding tert-OH is 1. The molecule has 1 N–H and O–H groups in total. The zero-order valence-corrected chi connectivity index (χ0v) is 24.1. The second-order valence-corrected chi connectivity index (χ2v) is 13.2. The van der Waals surface area contributed by atoms with Gasteiger partial charge in [0.05, 0.1) is 27.3 Å². The van der Waals surface area contributed by atoms with Crippen molar-refractivity contribution < 1.29 is 19.5 Å². The minimum atomic E-state index is -0.952. The highest BCUT2D eigenvalue weighted by Crippen LogP contribution is 2.65. The number of anilines is 2. The van der Waals surface area contributed by atoms with E-state index in [9.17, 15) is 19.5 Å². The van der Waals surface area contributed by atoms with E-state index in [1.807, 2.05) is 74.5 Å². The zero-order chi connectivity index (χ0) is 28.2. The van der Waals surface area contributed by atoms with Crippen LogP contribution in [0.4, 0.5) is 11.4 Å². The van der Waals surface area contributed by atoms with Crippen LogP contribution in [-0.2, 0) is 14.4 Å². The Labute approximate surface area is 243 Å². The number of rotatable bonds is 5. The van der Waals surface area contributed by atoms with Gasteiger partial charge in [0.1, 0.15) is 6.04 Å². The first-order valence-corrected chi connectivity index (χ1v) is 14.8. The van der Waals surface area contributed by atoms with E-state index in [0.717, 1.165) is 11.3 Å². The van der Waals surface area contributed by atoms with E-state index < -0.39 is 27.4 Å². The molecule has 4 heterocycles. The van der Waals surface area contributed by atoms with E-state index in [-0.39, 0.29) is 30.9 Å². The van der Waals surface area contributed by atoms with E-state index in [2.05, 4.69) is 6.08 Å². The number of nitrogens with zero attached hydrogens (tertiary/aromatic N) is 3. The van der Waals surface area contributed by atoms with Gasteiger partial charge in [0.25, 0.3) is 5.91 Å². The molecule has 2 aromatic carbocycles. The number of halogens is 1. The molecule has 6 rings (SSSR count). The van der Waals surface area contributed by atoms with Gasteiger partial charge in [0.2, 0.25) is 11.8 Å². The molecule has 5 atom stereocenters. The molecule has 0 aliphatic carbocycles. The third kappa shape index (κ3) is 3.95. The summed E-state index contributed by atoms with van der Waals surface area (Å²) in [7, 11) is 0. The molecule has 3 amide bonds. The normalized spacial score (nSPS) is 31.2. The van der Waals surface area contributed by atoms with Gasteiger partial charge >= 0.3 is 0 Å². The number of hydrogen-bond acceptors (Lipinski definition) is 5. The monoisotopic (exact) mass is 577 g/mol. The van der Waals surface area contributed by atoms with Gasteiger partial charge in [0, 0.05) is 36.7 Å². The summed E-state index contributed by atoms with van der Waals surface area (Å²) in [5.41, 5.74) is 2.27. The van der Waals surface area contributed by atoms with Crippen molar-refractivity contribution in [2.75, 3.05) is 36.0 Å². The molecule has 2 saturated heterocycles. The van der Waals surface area contributed by atoms with Crippen molar-refractivity contribution in [3.05, 3.63) is 83.4 Å². The lowest BCUT2D eigenvalue weighted by Gasteiger charge is -2.37. The van der Waals surface area contributed by atoms with Crippen LogP contribution in [-0.4, -0.2) is 69.5 Å². The molecule has 0 radical (unpaired) electrons. The molecule has 7 nitrogen and oxygen atoms in total. The maximum atomic E-state index is 14.6. The fourth-order valence-electron chi connectivity index (χ4n) is 7.01. The molecule has 0 bridgehead atoms. The zero-order valence-electron chi connectivity index (χ0n) is 22.5. The molecule has 1 unspecified atom stereocenters. The first-order valence-electron chi connectivity index (χ1n) is 13.6. The van der Waals surface area contributed by atoms with E-state index in [0.29, 0.717) is 30.2 Å². The van der Waals surface area contributed by atoms with Crippen LogP contribution in [0.25, 0.3) is 0 Å². The Kier molecular flexibility index (Phi) is 6.84. The van der Waals surface area contributed by atoms with Gasteiger partial charge in [-0.15, -0.1) is 11.8 Å². The molecule has 4 aliphatic rings. The number of para-hydroxylation sites is 2. The molecule has 9 heteroatoms. The smallest absolute Gasteiger partial charge is 0.251 e. The molecular formula is C31H32ClN3O4S. The number of aryl methyl sites for hydroxylation is 1. The Morgan fingerprint density at radius 2 is 1.65 bits per heavy atom. The minimum absolute atomic E-state index is 0.108. The Balaban J connectivity index is 1.48. The Bertz CT molecular complexity index is 1410. The van der Waals surface area contributed by atoms with Crippen molar-refractivity contribution in [3.63, 3.8) is 0 Å². The molecule has 4 aliphatic heterocycles. The minimum Gasteiger partial charge on any atom is -0.396 e. The quantitative estimate of drug-likeness (QED) is 0.538. The van der Waals surface area contributed by atoms with E-state index in [1.165, 1.54) is 0 Å². The predicted molar refractivity (Wildman–Crippen MR) is 159 cm³/mol. The van der Waals surface area contributed by atoms with Crippen molar-refractivity contribution in [3.8, 4) is 0 Å². The van der Waals surface area contributed by atoms with Crippen LogP contribution in [0.2, 0.25) is 5.02 Å². The standard InChI is InChI=1S/C31H32ClN3O4S/c1-20-10-6-13-22(32)25(20)34-17-8-15-31-24(28(38)35(18-9-19-36)26(31)29(34)39)23-27(37)33(21-11-4-3-5-12-21)16-7-14-30(23,2)40-31/h3-8,10-15,23-24,26,36H,9,16-19H2,1-2H3/t23-,24+,26?,30+,31+/m1/s1. The van der Waals surface area contributed by atoms with Gasteiger partial charge in [0.15, 0.2) is 0 Å². The number of benzene rings is 2. The number of amides is 3. The van der Waals surface area contributed by atoms with E-state index in [1.54, 1.807) is 32.5 Å². The van der Waals surface area contributed by atoms with Gasteiger partial charge in [-0.1, -0.05) is 66.2 Å². The molecule has 2 fully saturated rings. The summed E-state index contributed by atoms with van der Waals surface area (Å²) in [6.07, 6.45) is 8.34. The number of aliphatic hydroxyl groups is 1. The highest BCUT2D eigenvalue weighted by atomic mass is 35.5. The lowest BCUT2D eigenvalue weighted by molar-refractivity contribution is -0.139. The number of carbonyl (C=O) groups excluding carboxylic acids is 3. The number of fused-ring (bicyclic) bond motifs is 2. The van der Waals surface area contributed by atoms with Crippen LogP contribution in [0.3, 0.4) is 0 Å². The maximum Gasteiger partial charge on any atom is 0.251 e. The van der Waals surface area contributed by atoms with Crippen LogP contribution in [0, 0.1) is 18.8 Å². The van der Waals surface area contributed by atoms with Crippen molar-refractivity contribution in [2.45, 2.75) is 35.8 Å². The molecular weight excluding hydrogens is 546 g/mol. The topological polar surface area (TPSA) is 81.2 Å². The van der Waals surface area contributed by atoms with Gasteiger partial charge in [-0.3, -0.25) is 14.4 Å². The first-order chi connectivity index (χ1) is 19.2. The summed E-state index contributed by atoms with van der Waals surface area (Å²) >= 11 is 8.17. The van der Waals surface area contributed by atoms with E-state index in [4.69, 9.17) is 11.6 Å². The van der Waals surface area contributed by atoms with Crippen LogP contribution in [0.1, 0.15) is 18.9 Å². The fraction of sp³-hybridized carbons (Fsp3) is 0.387. The molecule has 40 heavy (non-hydrogen) atoms. The van der Waals surface area contributed by atoms with Crippen molar-refractivity contribution in [2.24, 2.45) is 11.8 Å². The molecule has 1 spiro atoms. The predicted octanol–water partition coefficient (Wildman–Crippen LogP) is 4.22. The summed E-state index contributed by atoms with van der Waals surface area (Å²) < 4.78 is -1.64. The first kappa shape index (κ1) is 27.1. The molecule has 0 saturated carbocycles. The largest absolute Gasteiger partial charge is 0.396 e. The van der Waals surface area contributed by atoms with E-state index >= 15 is 0 Å². The summed E-state index contributed by atoms with van der Waals surface area (Å²) in [5.74, 6) is -1.96. The average Bonchev–Trinajstić information content (AvgIpc) is 3.20. The fourth-order valence-corrected chi connectivity index (χ4v) is 9.49. The highest BCUT2D eigenvalue weighted by molar-refractivity contribution is 8.02.